The third kappa shape index (κ3) is 3.48. The lowest BCUT2D eigenvalue weighted by atomic mass is 9.79. The number of ether oxygens (including phenoxy) is 3. The van der Waals surface area contributed by atoms with Crippen molar-refractivity contribution in [2.75, 3.05) is 33.9 Å². The van der Waals surface area contributed by atoms with Crippen LogP contribution < -0.4 is 15.0 Å². The molecule has 1 saturated carbocycles. The summed E-state index contributed by atoms with van der Waals surface area (Å²) in [5, 5.41) is 0. The van der Waals surface area contributed by atoms with Crippen LogP contribution in [0, 0.1) is 0 Å². The van der Waals surface area contributed by atoms with Crippen LogP contribution in [0.15, 0.2) is 23.1 Å². The molecule has 3 heterocycles. The first-order chi connectivity index (χ1) is 15.0. The summed E-state index contributed by atoms with van der Waals surface area (Å²) in [5.74, 6) is 2.15. The molecule has 1 aromatic heterocycles. The van der Waals surface area contributed by atoms with E-state index < -0.39 is 5.60 Å². The quantitative estimate of drug-likeness (QED) is 0.808. The minimum atomic E-state index is -0.454. The SMILES string of the molecule is COc1cc2c(cc1OC)C1(CCN(C(=O)c3cnc(C4CC4)[nH]c3=O)CC1)OCC2. The molecule has 1 spiro atoms. The average molecular weight is 425 g/mol. The molecule has 3 aliphatic rings. The Bertz CT molecular complexity index is 1070. The average Bonchev–Trinajstić information content (AvgIpc) is 3.64. The molecule has 2 aromatic rings. The Morgan fingerprint density at radius 2 is 1.90 bits per heavy atom. The van der Waals surface area contributed by atoms with E-state index in [0.717, 1.165) is 24.8 Å². The van der Waals surface area contributed by atoms with Gasteiger partial charge in [0.1, 0.15) is 11.4 Å². The van der Waals surface area contributed by atoms with Crippen LogP contribution in [0.1, 0.15) is 58.9 Å². The fourth-order valence-corrected chi connectivity index (χ4v) is 4.77. The van der Waals surface area contributed by atoms with Crippen molar-refractivity contribution >= 4 is 5.91 Å². The number of hydrogen-bond acceptors (Lipinski definition) is 6. The number of fused-ring (bicyclic) bond motifs is 2. The first kappa shape index (κ1) is 20.1. The molecular formula is C23H27N3O5. The lowest BCUT2D eigenvalue weighted by Crippen LogP contribution is -2.49. The van der Waals surface area contributed by atoms with Crippen molar-refractivity contribution in [2.45, 2.75) is 43.6 Å². The summed E-state index contributed by atoms with van der Waals surface area (Å²) in [6.07, 6.45) is 5.65. The zero-order chi connectivity index (χ0) is 21.6. The molecule has 1 aliphatic carbocycles. The predicted octanol–water partition coefficient (Wildman–Crippen LogP) is 2.37. The molecule has 2 aliphatic heterocycles. The van der Waals surface area contributed by atoms with E-state index >= 15 is 0 Å². The molecule has 31 heavy (non-hydrogen) atoms. The van der Waals surface area contributed by atoms with Gasteiger partial charge in [-0.25, -0.2) is 4.98 Å². The molecule has 8 heteroatoms. The van der Waals surface area contributed by atoms with Crippen LogP contribution >= 0.6 is 0 Å². The highest BCUT2D eigenvalue weighted by molar-refractivity contribution is 5.93. The maximum atomic E-state index is 13.0. The van der Waals surface area contributed by atoms with Crippen molar-refractivity contribution in [1.82, 2.24) is 14.9 Å². The highest BCUT2D eigenvalue weighted by atomic mass is 16.5. The van der Waals surface area contributed by atoms with Crippen LogP contribution in [0.2, 0.25) is 0 Å². The van der Waals surface area contributed by atoms with E-state index in [1.807, 2.05) is 12.1 Å². The molecule has 1 saturated heterocycles. The smallest absolute Gasteiger partial charge is 0.263 e. The molecule has 5 rings (SSSR count). The van der Waals surface area contributed by atoms with Gasteiger partial charge in [-0.3, -0.25) is 9.59 Å². The Labute approximate surface area is 180 Å². The zero-order valence-corrected chi connectivity index (χ0v) is 17.9. The number of methoxy groups -OCH3 is 2. The molecule has 0 radical (unpaired) electrons. The molecule has 0 atom stereocenters. The van der Waals surface area contributed by atoms with E-state index in [9.17, 15) is 9.59 Å². The van der Waals surface area contributed by atoms with E-state index in [-0.39, 0.29) is 17.0 Å². The van der Waals surface area contributed by atoms with Crippen molar-refractivity contribution in [3.05, 3.63) is 51.2 Å². The van der Waals surface area contributed by atoms with Crippen molar-refractivity contribution in [3.8, 4) is 11.5 Å². The van der Waals surface area contributed by atoms with Crippen LogP contribution in [0.4, 0.5) is 0 Å². The minimum Gasteiger partial charge on any atom is -0.493 e. The molecule has 1 N–H and O–H groups in total. The van der Waals surface area contributed by atoms with Gasteiger partial charge in [0.25, 0.3) is 11.5 Å². The third-order valence-corrected chi connectivity index (χ3v) is 6.72. The van der Waals surface area contributed by atoms with Crippen LogP contribution in [0.3, 0.4) is 0 Å². The van der Waals surface area contributed by atoms with Gasteiger partial charge in [-0.15, -0.1) is 0 Å². The number of H-pyrrole nitrogens is 1. The Hall–Kier alpha value is -2.87. The number of benzene rings is 1. The van der Waals surface area contributed by atoms with Gasteiger partial charge >= 0.3 is 0 Å². The Morgan fingerprint density at radius 1 is 1.19 bits per heavy atom. The highest BCUT2D eigenvalue weighted by Crippen LogP contribution is 2.45. The lowest BCUT2D eigenvalue weighted by Gasteiger charge is -2.45. The molecule has 1 amide bonds. The third-order valence-electron chi connectivity index (χ3n) is 6.72. The molecule has 0 bridgehead atoms. The number of carbonyl (C=O) groups excluding carboxylic acids is 1. The number of nitrogens with one attached hydrogen (secondary N) is 1. The maximum absolute atomic E-state index is 13.0. The summed E-state index contributed by atoms with van der Waals surface area (Å²) in [6, 6.07) is 4.04. The highest BCUT2D eigenvalue weighted by Gasteiger charge is 2.42. The van der Waals surface area contributed by atoms with Crippen LogP contribution in [0.5, 0.6) is 11.5 Å². The van der Waals surface area contributed by atoms with E-state index in [1.165, 1.54) is 11.8 Å². The van der Waals surface area contributed by atoms with Crippen LogP contribution in [0.25, 0.3) is 0 Å². The van der Waals surface area contributed by atoms with E-state index in [0.29, 0.717) is 55.8 Å². The van der Waals surface area contributed by atoms with Crippen molar-refractivity contribution in [2.24, 2.45) is 0 Å². The van der Waals surface area contributed by atoms with Crippen LogP contribution in [-0.2, 0) is 16.8 Å². The number of carbonyl (C=O) groups is 1. The lowest BCUT2D eigenvalue weighted by molar-refractivity contribution is -0.0936. The Kier molecular flexibility index (Phi) is 4.97. The van der Waals surface area contributed by atoms with Gasteiger partial charge < -0.3 is 24.1 Å². The van der Waals surface area contributed by atoms with Crippen molar-refractivity contribution < 1.29 is 19.0 Å². The zero-order valence-electron chi connectivity index (χ0n) is 17.9. The first-order valence-corrected chi connectivity index (χ1v) is 10.8. The number of piperidine rings is 1. The summed E-state index contributed by atoms with van der Waals surface area (Å²) in [5.41, 5.74) is 1.61. The number of hydrogen-bond donors (Lipinski definition) is 1. The van der Waals surface area contributed by atoms with Crippen LogP contribution in [-0.4, -0.2) is 54.7 Å². The van der Waals surface area contributed by atoms with E-state index in [1.54, 1.807) is 19.1 Å². The number of rotatable bonds is 4. The topological polar surface area (TPSA) is 93.8 Å². The van der Waals surface area contributed by atoms with Crippen molar-refractivity contribution in [1.29, 1.82) is 0 Å². The van der Waals surface area contributed by atoms with Gasteiger partial charge in [-0.1, -0.05) is 0 Å². The second-order valence-corrected chi connectivity index (χ2v) is 8.53. The summed E-state index contributed by atoms with van der Waals surface area (Å²) < 4.78 is 17.3. The van der Waals surface area contributed by atoms with E-state index in [2.05, 4.69) is 9.97 Å². The summed E-state index contributed by atoms with van der Waals surface area (Å²) in [7, 11) is 3.26. The number of aromatic amines is 1. The van der Waals surface area contributed by atoms with E-state index in [4.69, 9.17) is 14.2 Å². The van der Waals surface area contributed by atoms with Crippen molar-refractivity contribution in [3.63, 3.8) is 0 Å². The number of nitrogens with zero attached hydrogens (tertiary/aromatic N) is 2. The first-order valence-electron chi connectivity index (χ1n) is 10.8. The minimum absolute atomic E-state index is 0.108. The Balaban J connectivity index is 1.36. The summed E-state index contributed by atoms with van der Waals surface area (Å²) in [6.45, 7) is 1.65. The summed E-state index contributed by atoms with van der Waals surface area (Å²) >= 11 is 0. The normalized spacial score (nSPS) is 19.7. The van der Waals surface area contributed by atoms with Gasteiger partial charge in [-0.05, 0) is 55.4 Å². The molecular weight excluding hydrogens is 398 g/mol. The molecule has 1 aromatic carbocycles. The van der Waals surface area contributed by atoms with Gasteiger partial charge in [0.05, 0.1) is 26.4 Å². The second-order valence-electron chi connectivity index (χ2n) is 8.53. The fraction of sp³-hybridized carbons (Fsp3) is 0.522. The number of aromatic nitrogens is 2. The largest absolute Gasteiger partial charge is 0.493 e. The van der Waals surface area contributed by atoms with Gasteiger partial charge in [-0.2, -0.15) is 0 Å². The van der Waals surface area contributed by atoms with Gasteiger partial charge in [0, 0.05) is 25.2 Å². The maximum Gasteiger partial charge on any atom is 0.263 e. The molecule has 164 valence electrons. The fourth-order valence-electron chi connectivity index (χ4n) is 4.77. The molecule has 8 nitrogen and oxygen atoms in total. The number of amides is 1. The summed E-state index contributed by atoms with van der Waals surface area (Å²) in [4.78, 5) is 34.3. The second kappa shape index (κ2) is 7.67. The number of likely N-dealkylation sites (tertiary alicyclic amines) is 1. The molecule has 2 fully saturated rings. The molecule has 0 unspecified atom stereocenters. The predicted molar refractivity (Wildman–Crippen MR) is 113 cm³/mol. The monoisotopic (exact) mass is 425 g/mol. The van der Waals surface area contributed by atoms with Gasteiger partial charge in [0.2, 0.25) is 0 Å². The standard InChI is InChI=1S/C23H27N3O5/c1-29-18-11-15-5-10-31-23(17(15)12-19(18)30-2)6-8-26(9-7-23)22(28)16-13-24-20(14-3-4-14)25-21(16)27/h11-14H,3-10H2,1-2H3,(H,24,25,27). The van der Waals surface area contributed by atoms with Gasteiger partial charge in [0.15, 0.2) is 11.5 Å². The Morgan fingerprint density at radius 3 is 2.55 bits per heavy atom.